The predicted molar refractivity (Wildman–Crippen MR) is 63.3 cm³/mol. The molecule has 0 spiro atoms. The summed E-state index contributed by atoms with van der Waals surface area (Å²) in [6.07, 6.45) is 5.65. The maximum Gasteiger partial charge on any atom is 0.291 e. The van der Waals surface area contributed by atoms with E-state index in [9.17, 15) is 10.1 Å². The van der Waals surface area contributed by atoms with Gasteiger partial charge in [-0.15, -0.1) is 0 Å². The van der Waals surface area contributed by atoms with Crippen molar-refractivity contribution in [3.63, 3.8) is 0 Å². The molecule has 0 aromatic carbocycles. The van der Waals surface area contributed by atoms with Crippen LogP contribution in [-0.2, 0) is 0 Å². The quantitative estimate of drug-likeness (QED) is 0.195. The van der Waals surface area contributed by atoms with Gasteiger partial charge >= 0.3 is 0 Å². The van der Waals surface area contributed by atoms with Crippen molar-refractivity contribution in [1.82, 2.24) is 4.98 Å². The van der Waals surface area contributed by atoms with Crippen LogP contribution in [0.3, 0.4) is 0 Å². The van der Waals surface area contributed by atoms with Crippen LogP contribution in [0.4, 0.5) is 5.69 Å². The lowest BCUT2D eigenvalue weighted by molar-refractivity contribution is -0.385. The van der Waals surface area contributed by atoms with Gasteiger partial charge < -0.3 is 0 Å². The Hall–Kier alpha value is -2.40. The third kappa shape index (κ3) is 3.92. The molecule has 1 aromatic rings. The highest BCUT2D eigenvalue weighted by atomic mass is 16.6. The molecule has 1 rings (SSSR count). The molecule has 0 saturated heterocycles. The summed E-state index contributed by atoms with van der Waals surface area (Å²) in [5, 5.41) is 14.0. The molecule has 17 heavy (non-hydrogen) atoms. The highest BCUT2D eigenvalue weighted by Crippen LogP contribution is 2.17. The van der Waals surface area contributed by atoms with Crippen molar-refractivity contribution >= 4 is 11.8 Å². The average Bonchev–Trinajstić information content (AvgIpc) is 2.30. The van der Waals surface area contributed by atoms with Gasteiger partial charge in [0.05, 0.1) is 4.92 Å². The summed E-state index contributed by atoms with van der Waals surface area (Å²) >= 11 is 0. The van der Waals surface area contributed by atoms with Crippen LogP contribution in [0.2, 0.25) is 0 Å². The predicted octanol–water partition coefficient (Wildman–Crippen LogP) is 3.01. The minimum atomic E-state index is -0.459. The van der Waals surface area contributed by atoms with Gasteiger partial charge in [-0.3, -0.25) is 15.1 Å². The number of aromatic nitrogens is 1. The molecular formula is C10H11N5O2. The molecule has 1 heterocycles. The standard InChI is InChI=1S/C10H11N5O2/c1-8-10(15(16)17)6-9(7-12-8)4-2-3-5-13-14-11/h2,4,6-7H,3,5H2,1H3. The van der Waals surface area contributed by atoms with Crippen molar-refractivity contribution in [2.45, 2.75) is 13.3 Å². The number of nitrogens with zero attached hydrogens (tertiary/aromatic N) is 5. The number of azide groups is 1. The van der Waals surface area contributed by atoms with Gasteiger partial charge in [-0.25, -0.2) is 0 Å². The Labute approximate surface area is 97.6 Å². The topological polar surface area (TPSA) is 105 Å². The van der Waals surface area contributed by atoms with Crippen molar-refractivity contribution in [3.05, 3.63) is 50.2 Å². The summed E-state index contributed by atoms with van der Waals surface area (Å²) in [5.74, 6) is 0. The molecule has 0 amide bonds. The van der Waals surface area contributed by atoms with Crippen LogP contribution in [0, 0.1) is 17.0 Å². The second-order valence-corrected chi connectivity index (χ2v) is 3.28. The Kier molecular flexibility index (Phi) is 4.65. The van der Waals surface area contributed by atoms with Crippen LogP contribution in [0.25, 0.3) is 16.5 Å². The normalized spacial score (nSPS) is 10.2. The first-order valence-corrected chi connectivity index (χ1v) is 4.93. The van der Waals surface area contributed by atoms with Gasteiger partial charge in [-0.1, -0.05) is 17.3 Å². The van der Waals surface area contributed by atoms with E-state index >= 15 is 0 Å². The van der Waals surface area contributed by atoms with Crippen LogP contribution < -0.4 is 0 Å². The molecule has 0 unspecified atom stereocenters. The molecule has 0 saturated carbocycles. The van der Waals surface area contributed by atoms with E-state index in [-0.39, 0.29) is 5.69 Å². The molecule has 0 fully saturated rings. The Morgan fingerprint density at radius 1 is 1.71 bits per heavy atom. The van der Waals surface area contributed by atoms with Gasteiger partial charge in [0.2, 0.25) is 0 Å². The van der Waals surface area contributed by atoms with E-state index in [2.05, 4.69) is 15.0 Å². The minimum absolute atomic E-state index is 0.00203. The van der Waals surface area contributed by atoms with Crippen molar-refractivity contribution in [2.75, 3.05) is 6.54 Å². The molecule has 0 radical (unpaired) electrons. The molecule has 1 aromatic heterocycles. The van der Waals surface area contributed by atoms with E-state index in [0.717, 1.165) is 0 Å². The summed E-state index contributed by atoms with van der Waals surface area (Å²) in [7, 11) is 0. The molecule has 0 atom stereocenters. The number of hydrogen-bond acceptors (Lipinski definition) is 4. The van der Waals surface area contributed by atoms with Crippen LogP contribution in [-0.4, -0.2) is 16.5 Å². The fourth-order valence-electron chi connectivity index (χ4n) is 1.21. The molecular weight excluding hydrogens is 222 g/mol. The molecule has 0 aliphatic carbocycles. The van der Waals surface area contributed by atoms with Gasteiger partial charge in [-0.2, -0.15) is 0 Å². The number of aryl methyl sites for hydroxylation is 1. The molecule has 88 valence electrons. The van der Waals surface area contributed by atoms with Crippen LogP contribution in [0.1, 0.15) is 17.7 Å². The van der Waals surface area contributed by atoms with Gasteiger partial charge in [0, 0.05) is 23.7 Å². The number of pyridine rings is 1. The van der Waals surface area contributed by atoms with Crippen LogP contribution in [0.5, 0.6) is 0 Å². The molecule has 0 N–H and O–H groups in total. The van der Waals surface area contributed by atoms with Gasteiger partial charge in [0.25, 0.3) is 5.69 Å². The van der Waals surface area contributed by atoms with E-state index < -0.39 is 4.92 Å². The fraction of sp³-hybridized carbons (Fsp3) is 0.300. The molecule has 0 aliphatic rings. The molecule has 7 heteroatoms. The summed E-state index contributed by atoms with van der Waals surface area (Å²) in [6, 6.07) is 1.46. The summed E-state index contributed by atoms with van der Waals surface area (Å²) in [6.45, 7) is 1.96. The van der Waals surface area contributed by atoms with Gasteiger partial charge in [0.1, 0.15) is 5.69 Å². The van der Waals surface area contributed by atoms with E-state index in [1.54, 1.807) is 25.3 Å². The SMILES string of the molecule is Cc1ncc(C=CCCN=[N+]=[N-])cc1[N+](=O)[O-]. The maximum absolute atomic E-state index is 10.7. The maximum atomic E-state index is 10.7. The fourth-order valence-corrected chi connectivity index (χ4v) is 1.21. The Bertz CT molecular complexity index is 491. The lowest BCUT2D eigenvalue weighted by atomic mass is 10.2. The first kappa shape index (κ1) is 12.7. The summed E-state index contributed by atoms with van der Waals surface area (Å²) in [4.78, 5) is 16.8. The highest BCUT2D eigenvalue weighted by Gasteiger charge is 2.10. The Morgan fingerprint density at radius 3 is 3.12 bits per heavy atom. The van der Waals surface area contributed by atoms with E-state index in [1.165, 1.54) is 6.07 Å². The van der Waals surface area contributed by atoms with Crippen LogP contribution in [0.15, 0.2) is 23.5 Å². The highest BCUT2D eigenvalue weighted by molar-refractivity contribution is 5.53. The van der Waals surface area contributed by atoms with E-state index in [1.807, 2.05) is 0 Å². The zero-order valence-corrected chi connectivity index (χ0v) is 9.28. The third-order valence-corrected chi connectivity index (χ3v) is 2.05. The van der Waals surface area contributed by atoms with Crippen molar-refractivity contribution < 1.29 is 4.92 Å². The minimum Gasteiger partial charge on any atom is -0.258 e. The smallest absolute Gasteiger partial charge is 0.258 e. The van der Waals surface area contributed by atoms with E-state index in [4.69, 9.17) is 5.53 Å². The molecule has 0 bridgehead atoms. The van der Waals surface area contributed by atoms with Gasteiger partial charge in [-0.05, 0) is 24.4 Å². The Morgan fingerprint density at radius 2 is 2.47 bits per heavy atom. The molecule has 0 aliphatic heterocycles. The average molecular weight is 233 g/mol. The zero-order chi connectivity index (χ0) is 12.7. The largest absolute Gasteiger partial charge is 0.291 e. The first-order chi connectivity index (χ1) is 8.15. The zero-order valence-electron chi connectivity index (χ0n) is 9.28. The Balaban J connectivity index is 2.75. The summed E-state index contributed by atoms with van der Waals surface area (Å²) < 4.78 is 0. The van der Waals surface area contributed by atoms with Crippen molar-refractivity contribution in [1.29, 1.82) is 0 Å². The summed E-state index contributed by atoms with van der Waals surface area (Å²) in [5.41, 5.74) is 9.11. The lowest BCUT2D eigenvalue weighted by Crippen LogP contribution is -1.94. The number of rotatable bonds is 5. The number of hydrogen-bond donors (Lipinski definition) is 0. The lowest BCUT2D eigenvalue weighted by Gasteiger charge is -1.97. The number of nitro groups is 1. The monoisotopic (exact) mass is 233 g/mol. The van der Waals surface area contributed by atoms with E-state index in [0.29, 0.717) is 24.2 Å². The van der Waals surface area contributed by atoms with Gasteiger partial charge in [0.15, 0.2) is 0 Å². The second kappa shape index (κ2) is 6.24. The third-order valence-electron chi connectivity index (χ3n) is 2.05. The van der Waals surface area contributed by atoms with Crippen molar-refractivity contribution in [3.8, 4) is 0 Å². The van der Waals surface area contributed by atoms with Crippen molar-refractivity contribution in [2.24, 2.45) is 5.11 Å². The second-order valence-electron chi connectivity index (χ2n) is 3.28. The molecule has 7 nitrogen and oxygen atoms in total. The van der Waals surface area contributed by atoms with Crippen LogP contribution >= 0.6 is 0 Å². The first-order valence-electron chi connectivity index (χ1n) is 4.93.